The fourth-order valence-electron chi connectivity index (χ4n) is 3.30. The van der Waals surface area contributed by atoms with E-state index in [1.54, 1.807) is 18.2 Å². The number of hydrogen-bond acceptors (Lipinski definition) is 5. The van der Waals surface area contributed by atoms with Crippen LogP contribution in [0.2, 0.25) is 0 Å². The number of sulfonamides is 1. The maximum absolute atomic E-state index is 13.3. The predicted molar refractivity (Wildman–Crippen MR) is 114 cm³/mol. The van der Waals surface area contributed by atoms with E-state index in [-0.39, 0.29) is 17.4 Å². The smallest absolute Gasteiger partial charge is 0.243 e. The average Bonchev–Trinajstić information content (AvgIpc) is 3.15. The number of fused-ring (bicyclic) bond motifs is 1. The maximum Gasteiger partial charge on any atom is 0.243 e. The third kappa shape index (κ3) is 5.25. The molecule has 0 saturated heterocycles. The Kier molecular flexibility index (Phi) is 6.74. The van der Waals surface area contributed by atoms with Gasteiger partial charge in [-0.25, -0.2) is 8.42 Å². The van der Waals surface area contributed by atoms with Gasteiger partial charge in [-0.15, -0.1) is 0 Å². The van der Waals surface area contributed by atoms with E-state index in [1.165, 1.54) is 16.6 Å². The summed E-state index contributed by atoms with van der Waals surface area (Å²) in [4.78, 5) is 0.177. The van der Waals surface area contributed by atoms with Crippen molar-refractivity contribution in [3.05, 3.63) is 66.4 Å². The van der Waals surface area contributed by atoms with Crippen molar-refractivity contribution in [2.24, 2.45) is 11.7 Å². The highest BCUT2D eigenvalue weighted by molar-refractivity contribution is 7.89. The molecule has 0 aliphatic heterocycles. The van der Waals surface area contributed by atoms with Crippen LogP contribution in [-0.4, -0.2) is 43.1 Å². The number of rotatable bonds is 9. The number of aliphatic hydroxyl groups is 1. The van der Waals surface area contributed by atoms with E-state index in [1.807, 2.05) is 44.2 Å². The molecule has 1 heterocycles. The van der Waals surface area contributed by atoms with Crippen LogP contribution < -0.4 is 5.73 Å². The Labute approximate surface area is 172 Å². The average molecular weight is 417 g/mol. The summed E-state index contributed by atoms with van der Waals surface area (Å²) in [5.74, 6) is 0.0972. The summed E-state index contributed by atoms with van der Waals surface area (Å²) < 4.78 is 33.2. The first-order valence-corrected chi connectivity index (χ1v) is 11.2. The van der Waals surface area contributed by atoms with Crippen LogP contribution in [0.25, 0.3) is 11.0 Å². The Morgan fingerprint density at radius 2 is 1.79 bits per heavy atom. The number of hydrogen-bond donors (Lipinski definition) is 2. The van der Waals surface area contributed by atoms with Gasteiger partial charge < -0.3 is 15.3 Å². The lowest BCUT2D eigenvalue weighted by Crippen LogP contribution is -2.47. The minimum atomic E-state index is -3.79. The Morgan fingerprint density at radius 1 is 1.07 bits per heavy atom. The molecule has 0 saturated carbocycles. The van der Waals surface area contributed by atoms with Gasteiger partial charge in [-0.1, -0.05) is 44.2 Å². The molecule has 0 spiro atoms. The van der Waals surface area contributed by atoms with Crippen LogP contribution in [0.1, 0.15) is 19.4 Å². The largest absolute Gasteiger partial charge is 0.464 e. The third-order valence-corrected chi connectivity index (χ3v) is 6.66. The van der Waals surface area contributed by atoms with E-state index in [9.17, 15) is 13.5 Å². The molecule has 2 atom stereocenters. The first kappa shape index (κ1) is 21.5. The van der Waals surface area contributed by atoms with E-state index < -0.39 is 22.2 Å². The van der Waals surface area contributed by atoms with Gasteiger partial charge in [0.15, 0.2) is 0 Å². The fraction of sp³-hybridized carbons (Fsp3) is 0.364. The molecule has 2 aromatic carbocycles. The molecule has 0 amide bonds. The first-order chi connectivity index (χ1) is 13.8. The van der Waals surface area contributed by atoms with Crippen LogP contribution >= 0.6 is 0 Å². The standard InChI is InChI=1S/C22H28N2O4S/c1-16(2)14-24(15-21(25)20(23)12-17-6-4-3-5-7-17)29(26,27)19-8-9-22-18(13-19)10-11-28-22/h3-11,13,16,20-21,25H,12,14-15,23H2,1-2H3/t20-,21+/m0/s1. The normalized spacial score (nSPS) is 14.6. The van der Waals surface area contributed by atoms with Crippen LogP contribution in [0.3, 0.4) is 0 Å². The van der Waals surface area contributed by atoms with Crippen molar-refractivity contribution in [3.63, 3.8) is 0 Å². The zero-order chi connectivity index (χ0) is 21.0. The second kappa shape index (κ2) is 9.09. The quantitative estimate of drug-likeness (QED) is 0.559. The second-order valence-electron chi connectivity index (χ2n) is 7.76. The van der Waals surface area contributed by atoms with Crippen LogP contribution in [0, 0.1) is 5.92 Å². The molecule has 1 aromatic heterocycles. The maximum atomic E-state index is 13.3. The number of furan rings is 1. The van der Waals surface area contributed by atoms with Gasteiger partial charge in [-0.2, -0.15) is 4.31 Å². The third-order valence-electron chi connectivity index (χ3n) is 4.83. The summed E-state index contributed by atoms with van der Waals surface area (Å²) in [5, 5.41) is 11.4. The van der Waals surface area contributed by atoms with Gasteiger partial charge in [0.25, 0.3) is 0 Å². The summed E-state index contributed by atoms with van der Waals surface area (Å²) >= 11 is 0. The molecule has 0 bridgehead atoms. The lowest BCUT2D eigenvalue weighted by molar-refractivity contribution is 0.116. The molecule has 0 aliphatic carbocycles. The zero-order valence-electron chi connectivity index (χ0n) is 16.7. The summed E-state index contributed by atoms with van der Waals surface area (Å²) in [7, 11) is -3.79. The molecule has 0 aliphatic rings. The topological polar surface area (TPSA) is 96.8 Å². The minimum absolute atomic E-state index is 0.0576. The monoisotopic (exact) mass is 416 g/mol. The molecule has 3 N–H and O–H groups in total. The van der Waals surface area contributed by atoms with E-state index in [0.717, 1.165) is 10.9 Å². The molecule has 0 fully saturated rings. The fourth-order valence-corrected chi connectivity index (χ4v) is 4.96. The molecule has 156 valence electrons. The highest BCUT2D eigenvalue weighted by Gasteiger charge is 2.29. The van der Waals surface area contributed by atoms with E-state index in [2.05, 4.69) is 0 Å². The molecule has 6 nitrogen and oxygen atoms in total. The summed E-state index contributed by atoms with van der Waals surface area (Å²) in [6.07, 6.45) is 1.01. The van der Waals surface area contributed by atoms with Gasteiger partial charge in [0.2, 0.25) is 10.0 Å². The SMILES string of the molecule is CC(C)CN(C[C@@H](O)[C@@H](N)Cc1ccccc1)S(=O)(=O)c1ccc2occc2c1. The van der Waals surface area contributed by atoms with E-state index >= 15 is 0 Å². The van der Waals surface area contributed by atoms with E-state index in [4.69, 9.17) is 10.2 Å². The van der Waals surface area contributed by atoms with Gasteiger partial charge in [-0.05, 0) is 42.2 Å². The second-order valence-corrected chi connectivity index (χ2v) is 9.69. The molecular weight excluding hydrogens is 388 g/mol. The summed E-state index contributed by atoms with van der Waals surface area (Å²) in [6.45, 7) is 4.12. The van der Waals surface area contributed by atoms with Crippen LogP contribution in [0.5, 0.6) is 0 Å². The highest BCUT2D eigenvalue weighted by atomic mass is 32.2. The Morgan fingerprint density at radius 3 is 2.48 bits per heavy atom. The molecule has 7 heteroatoms. The van der Waals surface area contributed by atoms with Crippen molar-refractivity contribution in [1.29, 1.82) is 0 Å². The molecule has 29 heavy (non-hydrogen) atoms. The van der Waals surface area contributed by atoms with Crippen molar-refractivity contribution in [3.8, 4) is 0 Å². The van der Waals surface area contributed by atoms with Crippen molar-refractivity contribution < 1.29 is 17.9 Å². The number of benzene rings is 2. The number of nitrogens with two attached hydrogens (primary N) is 1. The molecule has 3 rings (SSSR count). The van der Waals surface area contributed by atoms with Crippen molar-refractivity contribution in [2.75, 3.05) is 13.1 Å². The lowest BCUT2D eigenvalue weighted by atomic mass is 10.0. The highest BCUT2D eigenvalue weighted by Crippen LogP contribution is 2.24. The Hall–Kier alpha value is -2.19. The predicted octanol–water partition coefficient (Wildman–Crippen LogP) is 3.01. The minimum Gasteiger partial charge on any atom is -0.464 e. The van der Waals surface area contributed by atoms with Crippen LogP contribution in [-0.2, 0) is 16.4 Å². The molecule has 0 unspecified atom stereocenters. The number of aliphatic hydroxyl groups excluding tert-OH is 1. The summed E-state index contributed by atoms with van der Waals surface area (Å²) in [6, 6.07) is 15.6. The van der Waals surface area contributed by atoms with Gasteiger partial charge in [0.05, 0.1) is 17.3 Å². The van der Waals surface area contributed by atoms with Crippen molar-refractivity contribution in [2.45, 2.75) is 37.3 Å². The Balaban J connectivity index is 1.80. The Bertz CT molecular complexity index is 1030. The van der Waals surface area contributed by atoms with Gasteiger partial charge in [-0.3, -0.25) is 0 Å². The van der Waals surface area contributed by atoms with Crippen molar-refractivity contribution in [1.82, 2.24) is 4.31 Å². The zero-order valence-corrected chi connectivity index (χ0v) is 17.5. The molecular formula is C22H28N2O4S. The van der Waals surface area contributed by atoms with Gasteiger partial charge in [0.1, 0.15) is 5.58 Å². The molecule has 0 radical (unpaired) electrons. The summed E-state index contributed by atoms with van der Waals surface area (Å²) in [5.41, 5.74) is 7.82. The van der Waals surface area contributed by atoms with E-state index in [0.29, 0.717) is 18.5 Å². The van der Waals surface area contributed by atoms with Gasteiger partial charge in [0, 0.05) is 24.5 Å². The first-order valence-electron chi connectivity index (χ1n) is 9.72. The lowest BCUT2D eigenvalue weighted by Gasteiger charge is -2.28. The number of nitrogens with zero attached hydrogens (tertiary/aromatic N) is 1. The van der Waals surface area contributed by atoms with Crippen LogP contribution in [0.15, 0.2) is 70.2 Å². The van der Waals surface area contributed by atoms with Crippen molar-refractivity contribution >= 4 is 21.0 Å². The van der Waals surface area contributed by atoms with Gasteiger partial charge >= 0.3 is 0 Å². The van der Waals surface area contributed by atoms with Crippen LogP contribution in [0.4, 0.5) is 0 Å². The molecule has 3 aromatic rings.